The van der Waals surface area contributed by atoms with Crippen LogP contribution in [0.1, 0.15) is 21.5 Å². The van der Waals surface area contributed by atoms with Crippen LogP contribution in [0.5, 0.6) is 5.75 Å². The zero-order chi connectivity index (χ0) is 19.2. The van der Waals surface area contributed by atoms with E-state index in [2.05, 4.69) is 16.5 Å². The van der Waals surface area contributed by atoms with E-state index in [-0.39, 0.29) is 23.8 Å². The van der Waals surface area contributed by atoms with Crippen molar-refractivity contribution in [1.29, 1.82) is 0 Å². The highest BCUT2D eigenvalue weighted by Crippen LogP contribution is 2.17. The number of carbonyl (C=O) groups is 2. The second-order valence-electron chi connectivity index (χ2n) is 6.06. The molecule has 138 valence electrons. The molecule has 0 radical (unpaired) electrons. The predicted octanol–water partition coefficient (Wildman–Crippen LogP) is 2.36. The maximum absolute atomic E-state index is 12.2. The monoisotopic (exact) mass is 364 g/mol. The van der Waals surface area contributed by atoms with Crippen LogP contribution >= 0.6 is 0 Å². The molecule has 3 aromatic rings. The largest absolute Gasteiger partial charge is 0.483 e. The predicted molar refractivity (Wildman–Crippen MR) is 102 cm³/mol. The van der Waals surface area contributed by atoms with Gasteiger partial charge in [-0.15, -0.1) is 0 Å². The summed E-state index contributed by atoms with van der Waals surface area (Å²) in [5.41, 5.74) is 7.78. The number of nitrogens with one attached hydrogen (secondary N) is 1. The first-order valence-electron chi connectivity index (χ1n) is 8.42. The number of amides is 2. The molecule has 1 aromatic heterocycles. The van der Waals surface area contributed by atoms with Gasteiger partial charge >= 0.3 is 0 Å². The summed E-state index contributed by atoms with van der Waals surface area (Å²) in [6.45, 7) is 2.31. The first-order chi connectivity index (χ1) is 13.0. The van der Waals surface area contributed by atoms with Crippen molar-refractivity contribution in [2.24, 2.45) is 5.73 Å². The molecule has 0 aliphatic rings. The Morgan fingerprint density at radius 1 is 1.15 bits per heavy atom. The van der Waals surface area contributed by atoms with Crippen LogP contribution in [0.2, 0.25) is 0 Å². The minimum atomic E-state index is -0.609. The van der Waals surface area contributed by atoms with Gasteiger partial charge in [0.2, 0.25) is 0 Å². The van der Waals surface area contributed by atoms with Gasteiger partial charge in [0.1, 0.15) is 11.6 Å². The van der Waals surface area contributed by atoms with Gasteiger partial charge in [0.15, 0.2) is 6.61 Å². The lowest BCUT2D eigenvalue weighted by atomic mass is 10.1. The molecule has 0 atom stereocenters. The van der Waals surface area contributed by atoms with Crippen molar-refractivity contribution in [1.82, 2.24) is 9.78 Å². The Morgan fingerprint density at radius 2 is 1.96 bits per heavy atom. The fourth-order valence-corrected chi connectivity index (χ4v) is 2.67. The fourth-order valence-electron chi connectivity index (χ4n) is 2.67. The molecule has 0 saturated heterocycles. The molecule has 7 heteroatoms. The number of benzene rings is 2. The number of ether oxygens (including phenoxy) is 1. The summed E-state index contributed by atoms with van der Waals surface area (Å²) in [6.07, 6.45) is 1.62. The van der Waals surface area contributed by atoms with Gasteiger partial charge in [-0.25, -0.2) is 4.68 Å². The summed E-state index contributed by atoms with van der Waals surface area (Å²) >= 11 is 0. The summed E-state index contributed by atoms with van der Waals surface area (Å²) in [4.78, 5) is 23.6. The molecular weight excluding hydrogens is 344 g/mol. The van der Waals surface area contributed by atoms with E-state index < -0.39 is 5.91 Å². The average Bonchev–Trinajstić information content (AvgIpc) is 3.06. The Kier molecular flexibility index (Phi) is 5.51. The molecular formula is C20H20N4O3. The lowest BCUT2D eigenvalue weighted by Gasteiger charge is -2.11. The quantitative estimate of drug-likeness (QED) is 0.672. The minimum absolute atomic E-state index is 0.231. The van der Waals surface area contributed by atoms with E-state index in [0.29, 0.717) is 12.4 Å². The molecule has 3 rings (SSSR count). The SMILES string of the molecule is Cc1cccc(Cn2nccc2NC(=O)COc2ccccc2C(N)=O)c1. The highest BCUT2D eigenvalue weighted by atomic mass is 16.5. The molecule has 3 N–H and O–H groups in total. The smallest absolute Gasteiger partial charge is 0.263 e. The third-order valence-corrected chi connectivity index (χ3v) is 3.91. The summed E-state index contributed by atoms with van der Waals surface area (Å²) in [5, 5.41) is 7.01. The third-order valence-electron chi connectivity index (χ3n) is 3.91. The van der Waals surface area contributed by atoms with Crippen molar-refractivity contribution in [3.63, 3.8) is 0 Å². The number of primary amides is 1. The number of carbonyl (C=O) groups excluding carboxylic acids is 2. The van der Waals surface area contributed by atoms with E-state index in [4.69, 9.17) is 10.5 Å². The lowest BCUT2D eigenvalue weighted by molar-refractivity contribution is -0.118. The zero-order valence-electron chi connectivity index (χ0n) is 14.9. The van der Waals surface area contributed by atoms with E-state index >= 15 is 0 Å². The van der Waals surface area contributed by atoms with E-state index in [1.54, 1.807) is 41.2 Å². The van der Waals surface area contributed by atoms with Gasteiger partial charge in [0, 0.05) is 6.07 Å². The van der Waals surface area contributed by atoms with Gasteiger partial charge in [0.25, 0.3) is 11.8 Å². The molecule has 0 unspecified atom stereocenters. The summed E-state index contributed by atoms with van der Waals surface area (Å²) < 4.78 is 7.14. The van der Waals surface area contributed by atoms with Crippen LogP contribution in [0.4, 0.5) is 5.82 Å². The van der Waals surface area contributed by atoms with Crippen LogP contribution in [-0.4, -0.2) is 28.2 Å². The standard InChI is InChI=1S/C20H20N4O3/c1-14-5-4-6-15(11-14)12-24-18(9-10-22-24)23-19(25)13-27-17-8-3-2-7-16(17)20(21)26/h2-11H,12-13H2,1H3,(H2,21,26)(H,23,25). The Balaban J connectivity index is 1.62. The van der Waals surface area contributed by atoms with Gasteiger partial charge in [-0.05, 0) is 24.6 Å². The first-order valence-corrected chi connectivity index (χ1v) is 8.42. The third kappa shape index (κ3) is 4.72. The van der Waals surface area contributed by atoms with Crippen molar-refractivity contribution in [3.8, 4) is 5.75 Å². The minimum Gasteiger partial charge on any atom is -0.483 e. The van der Waals surface area contributed by atoms with Crippen molar-refractivity contribution in [2.45, 2.75) is 13.5 Å². The van der Waals surface area contributed by atoms with Gasteiger partial charge in [-0.1, -0.05) is 42.0 Å². The average molecular weight is 364 g/mol. The number of nitrogens with two attached hydrogens (primary N) is 1. The number of aryl methyl sites for hydroxylation is 1. The van der Waals surface area contributed by atoms with Crippen molar-refractivity contribution < 1.29 is 14.3 Å². The van der Waals surface area contributed by atoms with Crippen molar-refractivity contribution >= 4 is 17.6 Å². The Hall–Kier alpha value is -3.61. The molecule has 2 aromatic carbocycles. The second-order valence-corrected chi connectivity index (χ2v) is 6.06. The van der Waals surface area contributed by atoms with E-state index in [1.807, 2.05) is 25.1 Å². The van der Waals surface area contributed by atoms with Crippen molar-refractivity contribution in [3.05, 3.63) is 77.5 Å². The van der Waals surface area contributed by atoms with Gasteiger partial charge < -0.3 is 15.8 Å². The molecule has 0 spiro atoms. The Labute approximate surface area is 156 Å². The molecule has 1 heterocycles. The number of hydrogen-bond donors (Lipinski definition) is 2. The van der Waals surface area contributed by atoms with Crippen LogP contribution in [0.25, 0.3) is 0 Å². The summed E-state index contributed by atoms with van der Waals surface area (Å²) in [5.74, 6) is -0.135. The number of nitrogens with zero attached hydrogens (tertiary/aromatic N) is 2. The van der Waals surface area contributed by atoms with E-state index in [1.165, 1.54) is 0 Å². The van der Waals surface area contributed by atoms with Crippen LogP contribution in [0, 0.1) is 6.92 Å². The topological polar surface area (TPSA) is 99.2 Å². The zero-order valence-corrected chi connectivity index (χ0v) is 14.9. The molecule has 7 nitrogen and oxygen atoms in total. The van der Waals surface area contributed by atoms with Crippen LogP contribution in [0.15, 0.2) is 60.8 Å². The number of hydrogen-bond acceptors (Lipinski definition) is 4. The molecule has 0 fully saturated rings. The van der Waals surface area contributed by atoms with Crippen LogP contribution in [0.3, 0.4) is 0 Å². The number of aromatic nitrogens is 2. The number of anilines is 1. The highest BCUT2D eigenvalue weighted by molar-refractivity contribution is 5.96. The second kappa shape index (κ2) is 8.18. The van der Waals surface area contributed by atoms with Gasteiger partial charge in [-0.2, -0.15) is 5.10 Å². The highest BCUT2D eigenvalue weighted by Gasteiger charge is 2.12. The van der Waals surface area contributed by atoms with E-state index in [0.717, 1.165) is 11.1 Å². The fraction of sp³-hybridized carbons (Fsp3) is 0.150. The van der Waals surface area contributed by atoms with E-state index in [9.17, 15) is 9.59 Å². The molecule has 0 saturated carbocycles. The van der Waals surface area contributed by atoms with Gasteiger partial charge in [-0.3, -0.25) is 9.59 Å². The summed E-state index contributed by atoms with van der Waals surface area (Å²) in [7, 11) is 0. The van der Waals surface area contributed by atoms with Crippen LogP contribution < -0.4 is 15.8 Å². The molecule has 0 aliphatic heterocycles. The molecule has 27 heavy (non-hydrogen) atoms. The molecule has 0 aliphatic carbocycles. The molecule has 0 bridgehead atoms. The Bertz CT molecular complexity index is 965. The maximum Gasteiger partial charge on any atom is 0.263 e. The number of rotatable bonds is 7. The number of para-hydroxylation sites is 1. The van der Waals surface area contributed by atoms with Crippen molar-refractivity contribution in [2.75, 3.05) is 11.9 Å². The summed E-state index contributed by atoms with van der Waals surface area (Å²) in [6, 6.07) is 16.3. The molecule has 2 amide bonds. The van der Waals surface area contributed by atoms with Gasteiger partial charge in [0.05, 0.1) is 18.3 Å². The lowest BCUT2D eigenvalue weighted by Crippen LogP contribution is -2.23. The van der Waals surface area contributed by atoms with Crippen LogP contribution in [-0.2, 0) is 11.3 Å². The Morgan fingerprint density at radius 3 is 2.74 bits per heavy atom. The normalized spacial score (nSPS) is 10.4. The maximum atomic E-state index is 12.2. The first kappa shape index (κ1) is 18.2.